The lowest BCUT2D eigenvalue weighted by Crippen LogP contribution is -2.21. The molecule has 0 amide bonds. The Kier molecular flexibility index (Phi) is 4.12. The van der Waals surface area contributed by atoms with Crippen molar-refractivity contribution in [3.05, 3.63) is 17.5 Å². The number of hydrogen-bond donors (Lipinski definition) is 2. The van der Waals surface area contributed by atoms with Crippen LogP contribution >= 0.6 is 0 Å². The third-order valence-corrected chi connectivity index (χ3v) is 1.85. The summed E-state index contributed by atoms with van der Waals surface area (Å²) in [5, 5.41) is 8.50. The Morgan fingerprint density at radius 1 is 1.47 bits per heavy atom. The van der Waals surface area contributed by atoms with Crippen LogP contribution in [0.15, 0.2) is 6.07 Å². The minimum Gasteiger partial charge on any atom is -0.481 e. The van der Waals surface area contributed by atoms with Gasteiger partial charge < -0.3 is 15.6 Å². The van der Waals surface area contributed by atoms with Crippen LogP contribution in [0, 0.1) is 0 Å². The largest absolute Gasteiger partial charge is 0.573 e. The molecule has 0 fully saturated rings. The van der Waals surface area contributed by atoms with Crippen molar-refractivity contribution < 1.29 is 36.6 Å². The van der Waals surface area contributed by atoms with Crippen molar-refractivity contribution in [3.63, 3.8) is 0 Å². The summed E-state index contributed by atoms with van der Waals surface area (Å²) >= 11 is 0. The van der Waals surface area contributed by atoms with Gasteiger partial charge in [-0.3, -0.25) is 4.79 Å². The first kappa shape index (κ1) is 14.9. The monoisotopic (exact) mass is 286 g/mol. The van der Waals surface area contributed by atoms with Gasteiger partial charge in [-0.1, -0.05) is 0 Å². The molecule has 0 atom stereocenters. The van der Waals surface area contributed by atoms with Gasteiger partial charge in [0.1, 0.15) is 5.69 Å². The molecule has 0 spiro atoms. The number of alkyl halides is 5. The highest BCUT2D eigenvalue weighted by Crippen LogP contribution is 2.34. The quantitative estimate of drug-likeness (QED) is 0.828. The lowest BCUT2D eigenvalue weighted by atomic mass is 10.2. The molecular weight excluding hydrogens is 279 g/mol. The van der Waals surface area contributed by atoms with E-state index in [1.807, 2.05) is 0 Å². The Morgan fingerprint density at radius 2 is 2.05 bits per heavy atom. The van der Waals surface area contributed by atoms with Crippen molar-refractivity contribution in [2.24, 2.45) is 0 Å². The van der Waals surface area contributed by atoms with E-state index in [1.165, 1.54) is 0 Å². The van der Waals surface area contributed by atoms with E-state index in [0.717, 1.165) is 0 Å². The van der Waals surface area contributed by atoms with Crippen LogP contribution in [0.1, 0.15) is 17.8 Å². The van der Waals surface area contributed by atoms with Gasteiger partial charge in [0.15, 0.2) is 5.75 Å². The van der Waals surface area contributed by atoms with Gasteiger partial charge in [0, 0.05) is 0 Å². The number of pyridine rings is 1. The second kappa shape index (κ2) is 5.24. The summed E-state index contributed by atoms with van der Waals surface area (Å²) in [4.78, 5) is 13.6. The van der Waals surface area contributed by atoms with E-state index in [2.05, 4.69) is 9.72 Å². The standard InChI is InChI=1S/C9H7F5N2O3/c10-8(11)5-1-3(15)7(19-9(12,13)14)4(16-5)2-6(17)18/h1,8H,2H2,(H2,15,16)(H,17,18). The van der Waals surface area contributed by atoms with Crippen LogP contribution in [0.3, 0.4) is 0 Å². The van der Waals surface area contributed by atoms with Crippen LogP contribution in [0.2, 0.25) is 0 Å². The predicted molar refractivity (Wildman–Crippen MR) is 51.6 cm³/mol. The molecule has 1 heterocycles. The number of nitrogen functional groups attached to an aromatic ring is 1. The maximum absolute atomic E-state index is 12.4. The number of halogens is 5. The Hall–Kier alpha value is -2.13. The topological polar surface area (TPSA) is 85.4 Å². The number of nitrogens with zero attached hydrogens (tertiary/aromatic N) is 1. The average Bonchev–Trinajstić information content (AvgIpc) is 2.20. The zero-order chi connectivity index (χ0) is 14.8. The molecule has 19 heavy (non-hydrogen) atoms. The number of ether oxygens (including phenoxy) is 1. The van der Waals surface area contributed by atoms with Gasteiger partial charge in [-0.05, 0) is 6.07 Å². The summed E-state index contributed by atoms with van der Waals surface area (Å²) in [6.45, 7) is 0. The average molecular weight is 286 g/mol. The van der Waals surface area contributed by atoms with E-state index in [9.17, 15) is 26.7 Å². The van der Waals surface area contributed by atoms with E-state index >= 15 is 0 Å². The molecule has 0 radical (unpaired) electrons. The van der Waals surface area contributed by atoms with E-state index in [1.54, 1.807) is 0 Å². The minimum absolute atomic E-state index is 0.497. The Balaban J connectivity index is 3.30. The third kappa shape index (κ3) is 4.23. The van der Waals surface area contributed by atoms with Crippen molar-refractivity contribution in [1.29, 1.82) is 0 Å². The summed E-state index contributed by atoms with van der Waals surface area (Å²) < 4.78 is 64.6. The van der Waals surface area contributed by atoms with Gasteiger partial charge in [-0.15, -0.1) is 13.2 Å². The number of hydrogen-bond acceptors (Lipinski definition) is 4. The fraction of sp³-hybridized carbons (Fsp3) is 0.333. The summed E-state index contributed by atoms with van der Waals surface area (Å²) in [5.41, 5.74) is 2.64. The van der Waals surface area contributed by atoms with Gasteiger partial charge in [0.25, 0.3) is 6.43 Å². The van der Waals surface area contributed by atoms with E-state index in [-0.39, 0.29) is 0 Å². The van der Waals surface area contributed by atoms with Crippen molar-refractivity contribution in [2.75, 3.05) is 5.73 Å². The Bertz CT molecular complexity index is 489. The molecule has 106 valence electrons. The van der Waals surface area contributed by atoms with Gasteiger partial charge in [-0.2, -0.15) is 0 Å². The van der Waals surface area contributed by atoms with Crippen LogP contribution < -0.4 is 10.5 Å². The second-order valence-electron chi connectivity index (χ2n) is 3.33. The third-order valence-electron chi connectivity index (χ3n) is 1.85. The number of aliphatic carboxylic acids is 1. The smallest absolute Gasteiger partial charge is 0.481 e. The summed E-state index contributed by atoms with van der Waals surface area (Å²) in [6.07, 6.45) is -9.28. The van der Waals surface area contributed by atoms with Crippen LogP contribution in [-0.2, 0) is 11.2 Å². The normalized spacial score (nSPS) is 11.7. The lowest BCUT2D eigenvalue weighted by Gasteiger charge is -2.15. The second-order valence-corrected chi connectivity index (χ2v) is 3.33. The maximum Gasteiger partial charge on any atom is 0.573 e. The Labute approximate surface area is 102 Å². The number of aromatic nitrogens is 1. The Morgan fingerprint density at radius 3 is 2.47 bits per heavy atom. The number of carbonyl (C=O) groups is 1. The van der Waals surface area contributed by atoms with E-state index in [4.69, 9.17) is 10.8 Å². The van der Waals surface area contributed by atoms with Crippen molar-refractivity contribution in [3.8, 4) is 5.75 Å². The number of carboxylic acids is 1. The van der Waals surface area contributed by atoms with Crippen LogP contribution in [0.4, 0.5) is 27.6 Å². The molecule has 0 aliphatic heterocycles. The first-order valence-electron chi connectivity index (χ1n) is 4.65. The summed E-state index contributed by atoms with van der Waals surface area (Å²) in [7, 11) is 0. The SMILES string of the molecule is Nc1cc(C(F)F)nc(CC(=O)O)c1OC(F)(F)F. The molecule has 0 aliphatic carbocycles. The number of anilines is 1. The first-order valence-corrected chi connectivity index (χ1v) is 4.65. The highest BCUT2D eigenvalue weighted by molar-refractivity contribution is 5.72. The molecule has 0 bridgehead atoms. The number of nitrogens with two attached hydrogens (primary N) is 1. The van der Waals surface area contributed by atoms with E-state index in [0.29, 0.717) is 6.07 Å². The lowest BCUT2D eigenvalue weighted by molar-refractivity contribution is -0.274. The molecule has 10 heteroatoms. The van der Waals surface area contributed by atoms with Crippen LogP contribution in [0.5, 0.6) is 5.75 Å². The predicted octanol–water partition coefficient (Wildman–Crippen LogP) is 2.13. The van der Waals surface area contributed by atoms with Crippen LogP contribution in [-0.4, -0.2) is 22.4 Å². The molecule has 1 aromatic rings. The zero-order valence-corrected chi connectivity index (χ0v) is 9.04. The molecule has 0 unspecified atom stereocenters. The highest BCUT2D eigenvalue weighted by Gasteiger charge is 2.34. The van der Waals surface area contributed by atoms with Gasteiger partial charge in [0.2, 0.25) is 0 Å². The summed E-state index contributed by atoms with van der Waals surface area (Å²) in [5.74, 6) is -2.65. The molecule has 0 saturated heterocycles. The van der Waals surface area contributed by atoms with Gasteiger partial charge >= 0.3 is 12.3 Å². The molecule has 0 aliphatic rings. The minimum atomic E-state index is -5.14. The van der Waals surface area contributed by atoms with E-state index < -0.39 is 48.0 Å². The number of carboxylic acid groups (broad SMARTS) is 1. The van der Waals surface area contributed by atoms with Crippen LogP contribution in [0.25, 0.3) is 0 Å². The zero-order valence-electron chi connectivity index (χ0n) is 9.04. The first-order chi connectivity index (χ1) is 8.60. The van der Waals surface area contributed by atoms with Gasteiger partial charge in [-0.25, -0.2) is 13.8 Å². The molecule has 0 aromatic carbocycles. The van der Waals surface area contributed by atoms with Crippen molar-refractivity contribution >= 4 is 11.7 Å². The fourth-order valence-corrected chi connectivity index (χ4v) is 1.24. The molecule has 0 saturated carbocycles. The molecule has 5 nitrogen and oxygen atoms in total. The molecular formula is C9H7F5N2O3. The number of rotatable bonds is 4. The van der Waals surface area contributed by atoms with Crippen molar-refractivity contribution in [2.45, 2.75) is 19.2 Å². The van der Waals surface area contributed by atoms with Gasteiger partial charge in [0.05, 0.1) is 17.8 Å². The molecule has 3 N–H and O–H groups in total. The van der Waals surface area contributed by atoms with Crippen molar-refractivity contribution in [1.82, 2.24) is 4.98 Å². The highest BCUT2D eigenvalue weighted by atomic mass is 19.4. The molecule has 1 rings (SSSR count). The maximum atomic E-state index is 12.4. The summed E-state index contributed by atoms with van der Waals surface area (Å²) in [6, 6.07) is 0.497. The molecule has 1 aromatic heterocycles. The fourth-order valence-electron chi connectivity index (χ4n) is 1.24.